The molecule has 0 bridgehead atoms. The van der Waals surface area contributed by atoms with E-state index in [9.17, 15) is 26.4 Å². The normalized spacial score (nSPS) is 12.0. The van der Waals surface area contributed by atoms with Crippen molar-refractivity contribution in [3.05, 3.63) is 58.6 Å². The second-order valence-corrected chi connectivity index (χ2v) is 8.32. The lowest BCUT2D eigenvalue weighted by Gasteiger charge is -2.26. The van der Waals surface area contributed by atoms with Crippen LogP contribution in [0.15, 0.2) is 47.4 Å². The number of halogens is 4. The van der Waals surface area contributed by atoms with Gasteiger partial charge in [-0.1, -0.05) is 29.3 Å². The zero-order valence-electron chi connectivity index (χ0n) is 14.7. The fourth-order valence-electron chi connectivity index (χ4n) is 2.46. The molecular weight excluding hydrogens is 419 g/mol. The molecule has 0 aliphatic heterocycles. The number of anilines is 1. The molecule has 0 unspecified atom stereocenters. The minimum atomic E-state index is -4.69. The molecule has 2 rings (SSSR count). The Hall–Kier alpha value is -2.26. The van der Waals surface area contributed by atoms with E-state index in [4.69, 9.17) is 16.7 Å². The van der Waals surface area contributed by atoms with E-state index in [2.05, 4.69) is 0 Å². The van der Waals surface area contributed by atoms with Crippen LogP contribution in [0.25, 0.3) is 0 Å². The van der Waals surface area contributed by atoms with Crippen LogP contribution >= 0.6 is 11.6 Å². The molecule has 0 aliphatic carbocycles. The fraction of sp³-hybridized carbons (Fsp3) is 0.278. The molecule has 0 fully saturated rings. The van der Waals surface area contributed by atoms with Crippen LogP contribution in [0.4, 0.5) is 18.9 Å². The lowest BCUT2D eigenvalue weighted by molar-refractivity contribution is -0.138. The molecule has 0 atom stereocenters. The van der Waals surface area contributed by atoms with Gasteiger partial charge in [-0.25, -0.2) is 8.42 Å². The molecule has 2 aromatic carbocycles. The van der Waals surface area contributed by atoms with Crippen LogP contribution in [0, 0.1) is 6.92 Å². The quantitative estimate of drug-likeness (QED) is 0.682. The maximum absolute atomic E-state index is 13.1. The number of hydrogen-bond donors (Lipinski definition) is 1. The molecule has 0 radical (unpaired) electrons. The molecule has 0 amide bonds. The van der Waals surface area contributed by atoms with Gasteiger partial charge in [0.2, 0.25) is 0 Å². The molecule has 0 heterocycles. The molecule has 2 aromatic rings. The van der Waals surface area contributed by atoms with E-state index in [1.807, 2.05) is 0 Å². The first kappa shape index (κ1) is 22.0. The summed E-state index contributed by atoms with van der Waals surface area (Å²) >= 11 is 6.01. The molecule has 0 saturated carbocycles. The van der Waals surface area contributed by atoms with Gasteiger partial charge >= 0.3 is 12.1 Å². The highest BCUT2D eigenvalue weighted by molar-refractivity contribution is 7.92. The third-order valence-corrected chi connectivity index (χ3v) is 6.05. The first-order valence-corrected chi connectivity index (χ1v) is 9.92. The number of rotatable bonds is 7. The van der Waals surface area contributed by atoms with Gasteiger partial charge in [0.1, 0.15) is 0 Å². The van der Waals surface area contributed by atoms with Gasteiger partial charge in [0.05, 0.1) is 21.2 Å². The molecule has 1 N–H and O–H groups in total. The second kappa shape index (κ2) is 8.40. The number of hydrogen-bond acceptors (Lipinski definition) is 3. The van der Waals surface area contributed by atoms with Crippen LogP contribution in [0.3, 0.4) is 0 Å². The summed E-state index contributed by atoms with van der Waals surface area (Å²) in [5.74, 6) is -1.15. The Balaban J connectivity index is 2.56. The second-order valence-electron chi connectivity index (χ2n) is 6.05. The summed E-state index contributed by atoms with van der Waals surface area (Å²) < 4.78 is 66.2. The van der Waals surface area contributed by atoms with Crippen molar-refractivity contribution in [3.63, 3.8) is 0 Å². The van der Waals surface area contributed by atoms with E-state index in [1.54, 1.807) is 19.1 Å². The Bertz CT molecular complexity index is 960. The number of alkyl halides is 3. The van der Waals surface area contributed by atoms with Crippen molar-refractivity contribution in [1.29, 1.82) is 0 Å². The predicted molar refractivity (Wildman–Crippen MR) is 99.0 cm³/mol. The SMILES string of the molecule is Cc1ccc(S(=O)(=O)N(CCCC(=O)O)c2cc(C(F)(F)F)ccc2Cl)cc1. The molecule has 10 heteroatoms. The highest BCUT2D eigenvalue weighted by Gasteiger charge is 2.33. The Morgan fingerprint density at radius 2 is 1.75 bits per heavy atom. The van der Waals surface area contributed by atoms with Crippen molar-refractivity contribution in [1.82, 2.24) is 0 Å². The summed E-state index contributed by atoms with van der Waals surface area (Å²) in [6.07, 6.45) is -5.15. The van der Waals surface area contributed by atoms with Gasteiger partial charge in [-0.05, 0) is 43.7 Å². The monoisotopic (exact) mass is 435 g/mol. The number of nitrogens with zero attached hydrogens (tertiary/aromatic N) is 1. The van der Waals surface area contributed by atoms with Crippen LogP contribution in [-0.2, 0) is 21.0 Å². The van der Waals surface area contributed by atoms with Gasteiger partial charge in [0, 0.05) is 13.0 Å². The number of aliphatic carboxylic acids is 1. The van der Waals surface area contributed by atoms with Crippen molar-refractivity contribution in [2.45, 2.75) is 30.8 Å². The summed E-state index contributed by atoms with van der Waals surface area (Å²) in [5, 5.41) is 8.61. The van der Waals surface area contributed by atoms with Gasteiger partial charge < -0.3 is 5.11 Å². The van der Waals surface area contributed by atoms with Crippen molar-refractivity contribution < 1.29 is 31.5 Å². The van der Waals surface area contributed by atoms with Crippen molar-refractivity contribution in [2.75, 3.05) is 10.8 Å². The van der Waals surface area contributed by atoms with E-state index in [-0.39, 0.29) is 35.0 Å². The van der Waals surface area contributed by atoms with Crippen LogP contribution in [0.2, 0.25) is 5.02 Å². The van der Waals surface area contributed by atoms with Crippen LogP contribution in [0.5, 0.6) is 0 Å². The molecular formula is C18H17ClF3NO4S. The van der Waals surface area contributed by atoms with Gasteiger partial charge in [0.25, 0.3) is 10.0 Å². The zero-order chi connectivity index (χ0) is 21.1. The molecule has 0 spiro atoms. The number of sulfonamides is 1. The largest absolute Gasteiger partial charge is 0.481 e. The van der Waals surface area contributed by atoms with E-state index in [1.165, 1.54) is 12.1 Å². The maximum Gasteiger partial charge on any atom is 0.416 e. The lowest BCUT2D eigenvalue weighted by Crippen LogP contribution is -2.33. The molecule has 0 aliphatic rings. The Labute approximate surface area is 165 Å². The highest BCUT2D eigenvalue weighted by atomic mass is 35.5. The summed E-state index contributed by atoms with van der Waals surface area (Å²) in [6.45, 7) is 1.41. The molecule has 28 heavy (non-hydrogen) atoms. The Kier molecular flexibility index (Phi) is 6.61. The van der Waals surface area contributed by atoms with Gasteiger partial charge in [-0.2, -0.15) is 13.2 Å². The molecule has 0 aromatic heterocycles. The van der Waals surface area contributed by atoms with Gasteiger partial charge in [-0.15, -0.1) is 0 Å². The van der Waals surface area contributed by atoms with Crippen LogP contribution < -0.4 is 4.31 Å². The third-order valence-electron chi connectivity index (χ3n) is 3.90. The summed E-state index contributed by atoms with van der Waals surface area (Å²) in [7, 11) is -4.26. The lowest BCUT2D eigenvalue weighted by atomic mass is 10.2. The number of aryl methyl sites for hydroxylation is 1. The topological polar surface area (TPSA) is 74.7 Å². The van der Waals surface area contributed by atoms with Crippen LogP contribution in [0.1, 0.15) is 24.0 Å². The average molecular weight is 436 g/mol. The average Bonchev–Trinajstić information content (AvgIpc) is 2.58. The summed E-state index contributed by atoms with van der Waals surface area (Å²) in [6, 6.07) is 8.13. The molecule has 152 valence electrons. The first-order chi connectivity index (χ1) is 12.9. The van der Waals surface area contributed by atoms with E-state index >= 15 is 0 Å². The standard InChI is InChI=1S/C18H17ClF3NO4S/c1-12-4-7-14(8-5-12)28(26,27)23(10-2-3-17(24)25)16-11-13(18(20,21)22)6-9-15(16)19/h4-9,11H,2-3,10H2,1H3,(H,24,25). The van der Waals surface area contributed by atoms with Gasteiger partial charge in [-0.3, -0.25) is 9.10 Å². The smallest absolute Gasteiger partial charge is 0.416 e. The van der Waals surface area contributed by atoms with Crippen molar-refractivity contribution in [2.24, 2.45) is 0 Å². The van der Waals surface area contributed by atoms with Crippen molar-refractivity contribution >= 4 is 33.3 Å². The van der Waals surface area contributed by atoms with Crippen LogP contribution in [-0.4, -0.2) is 26.0 Å². The Morgan fingerprint density at radius 1 is 1.14 bits per heavy atom. The van der Waals surface area contributed by atoms with Crippen molar-refractivity contribution in [3.8, 4) is 0 Å². The minimum absolute atomic E-state index is 0.104. The van der Waals surface area contributed by atoms with E-state index < -0.39 is 27.7 Å². The third kappa shape index (κ3) is 5.17. The number of carboxylic acids is 1. The fourth-order valence-corrected chi connectivity index (χ4v) is 4.25. The maximum atomic E-state index is 13.1. The highest BCUT2D eigenvalue weighted by Crippen LogP contribution is 2.37. The summed E-state index contributed by atoms with van der Waals surface area (Å²) in [5.41, 5.74) is -0.620. The van der Waals surface area contributed by atoms with E-state index in [0.29, 0.717) is 6.07 Å². The number of benzene rings is 2. The zero-order valence-corrected chi connectivity index (χ0v) is 16.3. The number of carbonyl (C=O) groups is 1. The minimum Gasteiger partial charge on any atom is -0.481 e. The molecule has 0 saturated heterocycles. The van der Waals surface area contributed by atoms with Gasteiger partial charge in [0.15, 0.2) is 0 Å². The van der Waals surface area contributed by atoms with E-state index in [0.717, 1.165) is 22.0 Å². The predicted octanol–water partition coefficient (Wildman–Crippen LogP) is 4.73. The number of carboxylic acid groups (broad SMARTS) is 1. The summed E-state index contributed by atoms with van der Waals surface area (Å²) in [4.78, 5) is 10.6. The first-order valence-electron chi connectivity index (χ1n) is 8.11. The Morgan fingerprint density at radius 3 is 2.29 bits per heavy atom. The molecule has 5 nitrogen and oxygen atoms in total.